The van der Waals surface area contributed by atoms with Crippen molar-refractivity contribution in [3.63, 3.8) is 0 Å². The Balaban J connectivity index is 1.53. The van der Waals surface area contributed by atoms with Gasteiger partial charge in [-0.25, -0.2) is 4.98 Å². The van der Waals surface area contributed by atoms with Gasteiger partial charge in [0.15, 0.2) is 18.2 Å². The Morgan fingerprint density at radius 3 is 2.71 bits per heavy atom. The molecule has 1 aliphatic heterocycles. The summed E-state index contributed by atoms with van der Waals surface area (Å²) in [5.74, 6) is 0.552. The van der Waals surface area contributed by atoms with Gasteiger partial charge in [-0.1, -0.05) is 11.6 Å². The van der Waals surface area contributed by atoms with Crippen LogP contribution in [0.2, 0.25) is 5.02 Å². The molecule has 1 aromatic carbocycles. The van der Waals surface area contributed by atoms with Gasteiger partial charge in [-0.2, -0.15) is 4.98 Å². The fourth-order valence-electron chi connectivity index (χ4n) is 4.02. The summed E-state index contributed by atoms with van der Waals surface area (Å²) < 4.78 is 6.90. The molecule has 2 aromatic heterocycles. The summed E-state index contributed by atoms with van der Waals surface area (Å²) in [6.45, 7) is 2.62. The Hall–Kier alpha value is -3.90. The lowest BCUT2D eigenvalue weighted by Crippen LogP contribution is -2.52. The molecule has 3 aromatic rings. The maximum atomic E-state index is 12.6. The number of carbonyl (C=O) groups is 2. The van der Waals surface area contributed by atoms with Crippen LogP contribution >= 0.6 is 11.6 Å². The zero-order chi connectivity index (χ0) is 27.4. The first-order chi connectivity index (χ1) is 18.2. The van der Waals surface area contributed by atoms with Gasteiger partial charge < -0.3 is 34.6 Å². The number of carbonyl (C=O) groups excluding carboxylic acids is 2. The van der Waals surface area contributed by atoms with Gasteiger partial charge in [0, 0.05) is 51.3 Å². The van der Waals surface area contributed by atoms with Crippen LogP contribution in [-0.4, -0.2) is 96.6 Å². The molecule has 0 saturated carbocycles. The van der Waals surface area contributed by atoms with Gasteiger partial charge in [0.1, 0.15) is 5.02 Å². The number of amides is 2. The molecule has 0 unspecified atom stereocenters. The van der Waals surface area contributed by atoms with E-state index in [9.17, 15) is 14.4 Å². The van der Waals surface area contributed by atoms with Crippen molar-refractivity contribution >= 4 is 51.8 Å². The highest BCUT2D eigenvalue weighted by atomic mass is 35.5. The van der Waals surface area contributed by atoms with Crippen LogP contribution < -0.4 is 25.8 Å². The third kappa shape index (κ3) is 6.14. The average molecular weight is 543 g/mol. The molecule has 13 heteroatoms. The zero-order valence-corrected chi connectivity index (χ0v) is 22.6. The predicted molar refractivity (Wildman–Crippen MR) is 146 cm³/mol. The van der Waals surface area contributed by atoms with E-state index in [0.29, 0.717) is 53.0 Å². The van der Waals surface area contributed by atoms with Crippen molar-refractivity contribution in [2.45, 2.75) is 0 Å². The Labute approximate surface area is 225 Å². The quantitative estimate of drug-likeness (QED) is 0.408. The summed E-state index contributed by atoms with van der Waals surface area (Å²) in [5.41, 5.74) is 1.01. The number of piperazine rings is 1. The molecule has 38 heavy (non-hydrogen) atoms. The molecule has 2 amide bonds. The first-order valence-electron chi connectivity index (χ1n) is 12.1. The maximum absolute atomic E-state index is 12.6. The van der Waals surface area contributed by atoms with E-state index in [-0.39, 0.29) is 36.3 Å². The Morgan fingerprint density at radius 2 is 2.00 bits per heavy atom. The lowest BCUT2D eigenvalue weighted by Gasteiger charge is -2.35. The highest BCUT2D eigenvalue weighted by molar-refractivity contribution is 6.32. The molecule has 0 spiro atoms. The van der Waals surface area contributed by atoms with Gasteiger partial charge in [-0.3, -0.25) is 14.4 Å². The van der Waals surface area contributed by atoms with E-state index in [0.717, 1.165) is 6.54 Å². The summed E-state index contributed by atoms with van der Waals surface area (Å²) in [5, 5.41) is 6.70. The van der Waals surface area contributed by atoms with E-state index < -0.39 is 0 Å². The largest absolute Gasteiger partial charge is 0.478 e. The number of aryl methyl sites for hydroxylation is 1. The van der Waals surface area contributed by atoms with E-state index in [2.05, 4.69) is 20.6 Å². The normalized spacial score (nSPS) is 13.8. The van der Waals surface area contributed by atoms with Crippen LogP contribution in [0, 0.1) is 0 Å². The monoisotopic (exact) mass is 542 g/mol. The van der Waals surface area contributed by atoms with Gasteiger partial charge in [0.25, 0.3) is 11.5 Å². The molecule has 202 valence electrons. The third-order valence-corrected chi connectivity index (χ3v) is 6.52. The highest BCUT2D eigenvalue weighted by Gasteiger charge is 2.26. The lowest BCUT2D eigenvalue weighted by molar-refractivity contribution is -0.131. The molecule has 0 radical (unpaired) electrons. The van der Waals surface area contributed by atoms with E-state index in [1.54, 1.807) is 25.2 Å². The van der Waals surface area contributed by atoms with Crippen molar-refractivity contribution in [1.29, 1.82) is 0 Å². The van der Waals surface area contributed by atoms with Crippen LogP contribution in [0.4, 0.5) is 17.5 Å². The van der Waals surface area contributed by atoms with Crippen molar-refractivity contribution in [2.24, 2.45) is 7.05 Å². The van der Waals surface area contributed by atoms with Crippen LogP contribution in [0.25, 0.3) is 10.9 Å². The first kappa shape index (κ1) is 27.1. The van der Waals surface area contributed by atoms with Gasteiger partial charge in [-0.05, 0) is 38.4 Å². The molecular formula is C25H31ClN8O4. The maximum Gasteiger partial charge on any atom is 0.293 e. The van der Waals surface area contributed by atoms with Gasteiger partial charge in [-0.15, -0.1) is 0 Å². The minimum absolute atomic E-state index is 0.0285. The summed E-state index contributed by atoms with van der Waals surface area (Å²) in [7, 11) is 7.09. The first-order valence-corrected chi connectivity index (χ1v) is 12.5. The topological polar surface area (TPSA) is 125 Å². The number of benzene rings is 1. The number of anilines is 3. The average Bonchev–Trinajstić information content (AvgIpc) is 2.90. The van der Waals surface area contributed by atoms with E-state index in [1.165, 1.54) is 17.8 Å². The molecule has 12 nitrogen and oxygen atoms in total. The number of nitrogens with one attached hydrogen (secondary N) is 2. The molecule has 4 rings (SSSR count). The number of aromatic nitrogens is 3. The summed E-state index contributed by atoms with van der Waals surface area (Å²) in [6, 6.07) is 7.02. The lowest BCUT2D eigenvalue weighted by atomic mass is 10.2. The highest BCUT2D eigenvalue weighted by Crippen LogP contribution is 2.28. The number of halogens is 1. The molecule has 0 atom stereocenters. The number of hydrogen-bond acceptors (Lipinski definition) is 9. The summed E-state index contributed by atoms with van der Waals surface area (Å²) >= 11 is 6.39. The minimum atomic E-state index is -0.345. The molecule has 2 N–H and O–H groups in total. The van der Waals surface area contributed by atoms with Crippen molar-refractivity contribution in [1.82, 2.24) is 29.7 Å². The van der Waals surface area contributed by atoms with Gasteiger partial charge >= 0.3 is 0 Å². The zero-order valence-electron chi connectivity index (χ0n) is 21.8. The van der Waals surface area contributed by atoms with Crippen LogP contribution in [0.5, 0.6) is 5.75 Å². The molecule has 0 bridgehead atoms. The molecule has 3 heterocycles. The standard InChI is InChI=1S/C25H31ClN8O4/c1-27-21(35)15-38-20-12-16-11-17(5-6-19(16)32(4)24(20)37)29-23-18(26)13-28-25(30-23)34-10-9-33(22(36)14-34)8-7-31(2)3/h5-6,11-13H,7-10,14-15H2,1-4H3,(H,27,35)(H,28,29,30). The van der Waals surface area contributed by atoms with Gasteiger partial charge in [0.05, 0.1) is 18.3 Å². The Kier molecular flexibility index (Phi) is 8.32. The van der Waals surface area contributed by atoms with Crippen LogP contribution in [0.3, 0.4) is 0 Å². The number of hydrogen-bond donors (Lipinski definition) is 2. The molecular weight excluding hydrogens is 512 g/mol. The number of fused-ring (bicyclic) bond motifs is 1. The molecule has 1 aliphatic rings. The number of rotatable bonds is 9. The van der Waals surface area contributed by atoms with Crippen molar-refractivity contribution in [3.8, 4) is 5.75 Å². The summed E-state index contributed by atoms with van der Waals surface area (Å²) in [6.07, 6.45) is 1.50. The SMILES string of the molecule is CNC(=O)COc1cc2cc(Nc3nc(N4CCN(CCN(C)C)C(=O)C4)ncc3Cl)ccc2n(C)c1=O. The fourth-order valence-corrected chi connectivity index (χ4v) is 4.16. The molecule has 1 saturated heterocycles. The number of likely N-dealkylation sites (N-methyl/N-ethyl adjacent to an activating group) is 2. The van der Waals surface area contributed by atoms with E-state index >= 15 is 0 Å². The molecule has 0 aliphatic carbocycles. The van der Waals surface area contributed by atoms with Crippen molar-refractivity contribution in [2.75, 3.05) is 70.7 Å². The van der Waals surface area contributed by atoms with Crippen LogP contribution in [0.15, 0.2) is 35.3 Å². The number of pyridine rings is 1. The third-order valence-electron chi connectivity index (χ3n) is 6.24. The van der Waals surface area contributed by atoms with E-state index in [4.69, 9.17) is 16.3 Å². The Bertz CT molecular complexity index is 1410. The van der Waals surface area contributed by atoms with E-state index in [1.807, 2.05) is 34.9 Å². The van der Waals surface area contributed by atoms with Crippen LogP contribution in [-0.2, 0) is 16.6 Å². The van der Waals surface area contributed by atoms with Crippen LogP contribution in [0.1, 0.15) is 0 Å². The Morgan fingerprint density at radius 1 is 1.21 bits per heavy atom. The number of ether oxygens (including phenoxy) is 1. The summed E-state index contributed by atoms with van der Waals surface area (Å²) in [4.78, 5) is 51.5. The van der Waals surface area contributed by atoms with Crippen molar-refractivity contribution in [3.05, 3.63) is 45.8 Å². The number of nitrogens with zero attached hydrogens (tertiary/aromatic N) is 6. The molecule has 1 fully saturated rings. The second-order valence-corrected chi connectivity index (χ2v) is 9.61. The van der Waals surface area contributed by atoms with Gasteiger partial charge in [0.2, 0.25) is 11.9 Å². The predicted octanol–water partition coefficient (Wildman–Crippen LogP) is 1.06. The smallest absolute Gasteiger partial charge is 0.293 e. The second kappa shape index (κ2) is 11.7. The van der Waals surface area contributed by atoms with Crippen molar-refractivity contribution < 1.29 is 14.3 Å². The second-order valence-electron chi connectivity index (χ2n) is 9.21. The minimum Gasteiger partial charge on any atom is -0.478 e. The fraction of sp³-hybridized carbons (Fsp3) is 0.400.